The number of quaternary nitrogens is 2. The molecule has 1 aromatic carbocycles. The lowest BCUT2D eigenvalue weighted by Gasteiger charge is -2.33. The number of methoxy groups -OCH3 is 1. The Morgan fingerprint density at radius 3 is 2.48 bits per heavy atom. The maximum Gasteiger partial charge on any atom is 0.209 e. The normalized spacial score (nSPS) is 21.1. The molecule has 1 aromatic heterocycles. The van der Waals surface area contributed by atoms with E-state index in [1.807, 2.05) is 16.8 Å². The average Bonchev–Trinajstić information content (AvgIpc) is 3.17. The summed E-state index contributed by atoms with van der Waals surface area (Å²) in [7, 11) is 1.69. The van der Waals surface area contributed by atoms with Crippen LogP contribution in [-0.2, 0) is 6.54 Å². The quantitative estimate of drug-likeness (QED) is 0.636. The summed E-state index contributed by atoms with van der Waals surface area (Å²) in [5.41, 5.74) is 1.19. The number of ether oxygens (including phenoxy) is 1. The van der Waals surface area contributed by atoms with Crippen LogP contribution in [0.15, 0.2) is 24.3 Å². The standard InChI is InChI=1S/C20H32N6O/c1-4-6-7-19(25-14-12-24(5-2)13-15-25)20-21-22-23-26(20)16-17-8-10-18(27-3)11-9-17/h8-11,19H,4-7,12-16H2,1-3H3/p+2/t19-/m0/s1. The summed E-state index contributed by atoms with van der Waals surface area (Å²) in [5.74, 6) is 1.91. The zero-order chi connectivity index (χ0) is 19.1. The molecule has 0 unspecified atom stereocenters. The van der Waals surface area contributed by atoms with Gasteiger partial charge in [0.05, 0.1) is 20.2 Å². The molecule has 2 N–H and O–H groups in total. The van der Waals surface area contributed by atoms with Crippen molar-refractivity contribution in [3.05, 3.63) is 35.7 Å². The van der Waals surface area contributed by atoms with Crippen LogP contribution in [0.1, 0.15) is 50.5 Å². The van der Waals surface area contributed by atoms with Crippen LogP contribution in [0, 0.1) is 0 Å². The molecule has 148 valence electrons. The predicted octanol–water partition coefficient (Wildman–Crippen LogP) is -0.235. The number of nitrogens with one attached hydrogen (secondary N) is 2. The molecule has 7 heteroatoms. The first-order valence-electron chi connectivity index (χ1n) is 10.3. The second kappa shape index (κ2) is 9.80. The summed E-state index contributed by atoms with van der Waals surface area (Å²) in [6.07, 6.45) is 3.57. The fourth-order valence-corrected chi connectivity index (χ4v) is 4.03. The van der Waals surface area contributed by atoms with Crippen LogP contribution in [0.4, 0.5) is 0 Å². The zero-order valence-electron chi connectivity index (χ0n) is 16.9. The number of rotatable bonds is 9. The van der Waals surface area contributed by atoms with Crippen molar-refractivity contribution in [2.75, 3.05) is 39.8 Å². The maximum atomic E-state index is 5.26. The number of aromatic nitrogens is 4. The first kappa shape index (κ1) is 19.8. The van der Waals surface area contributed by atoms with E-state index in [1.54, 1.807) is 16.9 Å². The number of benzene rings is 1. The molecule has 1 aliphatic rings. The molecule has 0 bridgehead atoms. The number of hydrogen-bond acceptors (Lipinski definition) is 4. The Kier molecular flexibility index (Phi) is 7.18. The van der Waals surface area contributed by atoms with Gasteiger partial charge in [-0.15, -0.1) is 5.10 Å². The molecular formula is C20H34N6O+2. The lowest BCUT2D eigenvalue weighted by Crippen LogP contribution is -3.28. The topological polar surface area (TPSA) is 61.7 Å². The molecule has 7 nitrogen and oxygen atoms in total. The summed E-state index contributed by atoms with van der Waals surface area (Å²) in [6, 6.07) is 8.54. The van der Waals surface area contributed by atoms with Gasteiger partial charge in [-0.3, -0.25) is 0 Å². The van der Waals surface area contributed by atoms with Gasteiger partial charge in [0.1, 0.15) is 38.0 Å². The van der Waals surface area contributed by atoms with E-state index in [0.717, 1.165) is 18.0 Å². The van der Waals surface area contributed by atoms with Gasteiger partial charge >= 0.3 is 0 Å². The molecule has 0 aliphatic carbocycles. The minimum atomic E-state index is 0.386. The predicted molar refractivity (Wildman–Crippen MR) is 104 cm³/mol. The van der Waals surface area contributed by atoms with Crippen LogP contribution in [0.2, 0.25) is 0 Å². The summed E-state index contributed by atoms with van der Waals surface area (Å²) in [6.45, 7) is 11.4. The monoisotopic (exact) mass is 374 g/mol. The van der Waals surface area contributed by atoms with E-state index in [9.17, 15) is 0 Å². The highest BCUT2D eigenvalue weighted by atomic mass is 16.5. The van der Waals surface area contributed by atoms with Crippen LogP contribution < -0.4 is 14.5 Å². The van der Waals surface area contributed by atoms with Gasteiger partial charge in [0.15, 0.2) is 0 Å². The molecule has 0 radical (unpaired) electrons. The van der Waals surface area contributed by atoms with E-state index in [1.165, 1.54) is 51.1 Å². The SMILES string of the molecule is CCCC[C@@H](c1nnnn1Cc1ccc(OC)cc1)[NH+]1CC[NH+](CC)CC1. The van der Waals surface area contributed by atoms with Crippen LogP contribution in [0.3, 0.4) is 0 Å². The van der Waals surface area contributed by atoms with Crippen molar-refractivity contribution >= 4 is 0 Å². The third kappa shape index (κ3) is 5.05. The van der Waals surface area contributed by atoms with Gasteiger partial charge in [-0.25, -0.2) is 4.68 Å². The molecule has 1 fully saturated rings. The fraction of sp³-hybridized carbons (Fsp3) is 0.650. The van der Waals surface area contributed by atoms with Gasteiger partial charge in [0.2, 0.25) is 5.82 Å². The molecule has 3 rings (SSSR count). The third-order valence-electron chi connectivity index (χ3n) is 5.80. The van der Waals surface area contributed by atoms with Crippen LogP contribution in [0.5, 0.6) is 5.75 Å². The Morgan fingerprint density at radius 1 is 1.11 bits per heavy atom. The van der Waals surface area contributed by atoms with Gasteiger partial charge in [-0.1, -0.05) is 25.5 Å². The summed E-state index contributed by atoms with van der Waals surface area (Å²) in [5, 5.41) is 12.8. The highest BCUT2D eigenvalue weighted by Crippen LogP contribution is 2.16. The van der Waals surface area contributed by atoms with Crippen molar-refractivity contribution in [2.24, 2.45) is 0 Å². The van der Waals surface area contributed by atoms with Crippen LogP contribution in [-0.4, -0.2) is 60.0 Å². The minimum absolute atomic E-state index is 0.386. The Morgan fingerprint density at radius 2 is 1.85 bits per heavy atom. The molecule has 2 aromatic rings. The molecule has 1 aliphatic heterocycles. The maximum absolute atomic E-state index is 5.26. The molecule has 27 heavy (non-hydrogen) atoms. The Bertz CT molecular complexity index is 678. The van der Waals surface area contributed by atoms with Gasteiger partial charge < -0.3 is 14.5 Å². The van der Waals surface area contributed by atoms with E-state index >= 15 is 0 Å². The molecule has 1 atom stereocenters. The molecule has 2 heterocycles. The molecule has 0 amide bonds. The second-order valence-electron chi connectivity index (χ2n) is 7.50. The number of hydrogen-bond donors (Lipinski definition) is 2. The van der Waals surface area contributed by atoms with E-state index in [0.29, 0.717) is 12.6 Å². The van der Waals surface area contributed by atoms with Gasteiger partial charge in [0, 0.05) is 6.42 Å². The highest BCUT2D eigenvalue weighted by Gasteiger charge is 2.33. The van der Waals surface area contributed by atoms with Crippen molar-refractivity contribution in [3.8, 4) is 5.75 Å². The Labute approximate surface area is 162 Å². The van der Waals surface area contributed by atoms with Gasteiger partial charge in [0.25, 0.3) is 0 Å². The van der Waals surface area contributed by atoms with Crippen molar-refractivity contribution < 1.29 is 14.5 Å². The van der Waals surface area contributed by atoms with Gasteiger partial charge in [-0.05, 0) is 41.5 Å². The van der Waals surface area contributed by atoms with E-state index in [-0.39, 0.29) is 0 Å². The number of likely N-dealkylation sites (N-methyl/N-ethyl adjacent to an activating group) is 1. The largest absolute Gasteiger partial charge is 0.497 e. The highest BCUT2D eigenvalue weighted by molar-refractivity contribution is 5.27. The van der Waals surface area contributed by atoms with Gasteiger partial charge in [-0.2, -0.15) is 0 Å². The molecule has 0 spiro atoms. The number of nitrogens with zero attached hydrogens (tertiary/aromatic N) is 4. The summed E-state index contributed by atoms with van der Waals surface area (Å²) < 4.78 is 7.25. The summed E-state index contributed by atoms with van der Waals surface area (Å²) >= 11 is 0. The van der Waals surface area contributed by atoms with Crippen molar-refractivity contribution in [1.82, 2.24) is 20.2 Å². The van der Waals surface area contributed by atoms with E-state index in [4.69, 9.17) is 4.74 Å². The van der Waals surface area contributed by atoms with E-state index < -0.39 is 0 Å². The van der Waals surface area contributed by atoms with Crippen molar-refractivity contribution in [2.45, 2.75) is 45.7 Å². The van der Waals surface area contributed by atoms with Crippen molar-refractivity contribution in [3.63, 3.8) is 0 Å². The van der Waals surface area contributed by atoms with Crippen LogP contribution in [0.25, 0.3) is 0 Å². The fourth-order valence-electron chi connectivity index (χ4n) is 4.03. The average molecular weight is 375 g/mol. The summed E-state index contributed by atoms with van der Waals surface area (Å²) in [4.78, 5) is 3.36. The number of piperazine rings is 1. The number of unbranched alkanes of at least 4 members (excludes halogenated alkanes) is 1. The van der Waals surface area contributed by atoms with Crippen LogP contribution >= 0.6 is 0 Å². The van der Waals surface area contributed by atoms with E-state index in [2.05, 4.69) is 41.5 Å². The first-order chi connectivity index (χ1) is 13.2. The molecule has 1 saturated heterocycles. The smallest absolute Gasteiger partial charge is 0.209 e. The third-order valence-corrected chi connectivity index (χ3v) is 5.80. The lowest BCUT2D eigenvalue weighted by molar-refractivity contribution is -1.03. The molecular weight excluding hydrogens is 340 g/mol. The Hall–Kier alpha value is -1.99. The van der Waals surface area contributed by atoms with Crippen molar-refractivity contribution in [1.29, 1.82) is 0 Å². The first-order valence-corrected chi connectivity index (χ1v) is 10.3. The second-order valence-corrected chi connectivity index (χ2v) is 7.50. The minimum Gasteiger partial charge on any atom is -0.497 e. The zero-order valence-corrected chi connectivity index (χ0v) is 16.9. The Balaban J connectivity index is 1.75. The lowest BCUT2D eigenvalue weighted by atomic mass is 10.1. The number of tetrazole rings is 1. The molecule has 0 saturated carbocycles.